The van der Waals surface area contributed by atoms with Crippen LogP contribution < -0.4 is 5.32 Å². The SMILES string of the molecule is C=CC1=C(C(=O)O)N2C(=O)[C@@H](NC(=O)c3ccc(CBr)o3)[C@H]2SC1. The van der Waals surface area contributed by atoms with Crippen LogP contribution in [0, 0.1) is 0 Å². The first-order chi connectivity index (χ1) is 11.5. The highest BCUT2D eigenvalue weighted by atomic mass is 79.9. The number of hydrogen-bond acceptors (Lipinski definition) is 5. The van der Waals surface area contributed by atoms with Crippen molar-refractivity contribution in [3.05, 3.63) is 47.6 Å². The summed E-state index contributed by atoms with van der Waals surface area (Å²) in [7, 11) is 0. The van der Waals surface area contributed by atoms with Gasteiger partial charge < -0.3 is 14.8 Å². The summed E-state index contributed by atoms with van der Waals surface area (Å²) >= 11 is 4.61. The Morgan fingerprint density at radius 3 is 2.88 bits per heavy atom. The first kappa shape index (κ1) is 16.8. The molecule has 0 spiro atoms. The number of halogens is 1. The molecule has 24 heavy (non-hydrogen) atoms. The summed E-state index contributed by atoms with van der Waals surface area (Å²) in [6, 6.07) is 2.41. The number of nitrogens with one attached hydrogen (secondary N) is 1. The molecule has 7 nitrogen and oxygen atoms in total. The molecule has 2 aliphatic heterocycles. The van der Waals surface area contributed by atoms with E-state index in [2.05, 4.69) is 27.8 Å². The monoisotopic (exact) mass is 412 g/mol. The van der Waals surface area contributed by atoms with Crippen LogP contribution in [0.4, 0.5) is 0 Å². The quantitative estimate of drug-likeness (QED) is 0.563. The third kappa shape index (κ3) is 2.67. The van der Waals surface area contributed by atoms with Gasteiger partial charge in [0.2, 0.25) is 0 Å². The highest BCUT2D eigenvalue weighted by Crippen LogP contribution is 2.40. The molecule has 0 bridgehead atoms. The maximum Gasteiger partial charge on any atom is 0.352 e. The molecule has 9 heteroatoms. The van der Waals surface area contributed by atoms with E-state index in [9.17, 15) is 19.5 Å². The van der Waals surface area contributed by atoms with Crippen LogP contribution >= 0.6 is 27.7 Å². The number of rotatable bonds is 5. The number of carbonyl (C=O) groups is 3. The highest BCUT2D eigenvalue weighted by Gasteiger charge is 2.54. The number of hydrogen-bond donors (Lipinski definition) is 2. The Hall–Kier alpha value is -2.00. The van der Waals surface area contributed by atoms with Gasteiger partial charge in [-0.25, -0.2) is 4.79 Å². The number of fused-ring (bicyclic) bond motifs is 1. The summed E-state index contributed by atoms with van der Waals surface area (Å²) < 4.78 is 5.32. The van der Waals surface area contributed by atoms with Gasteiger partial charge in [0.15, 0.2) is 5.76 Å². The number of carboxylic acid groups (broad SMARTS) is 1. The fraction of sp³-hybridized carbons (Fsp3) is 0.267. The maximum absolute atomic E-state index is 12.3. The lowest BCUT2D eigenvalue weighted by molar-refractivity contribution is -0.148. The lowest BCUT2D eigenvalue weighted by Crippen LogP contribution is -2.70. The minimum absolute atomic E-state index is 0.0659. The van der Waals surface area contributed by atoms with Crippen LogP contribution in [0.5, 0.6) is 0 Å². The van der Waals surface area contributed by atoms with Gasteiger partial charge in [0, 0.05) is 5.75 Å². The Kier molecular flexibility index (Phi) is 4.55. The maximum atomic E-state index is 12.3. The second-order valence-corrected chi connectivity index (χ2v) is 6.81. The number of β-lactam (4-membered cyclic amide) rings is 1. The van der Waals surface area contributed by atoms with Crippen molar-refractivity contribution in [2.24, 2.45) is 0 Å². The molecule has 1 saturated heterocycles. The van der Waals surface area contributed by atoms with Gasteiger partial charge in [0.25, 0.3) is 11.8 Å². The average Bonchev–Trinajstić information content (AvgIpc) is 3.07. The first-order valence-corrected chi connectivity index (χ1v) is 9.14. The van der Waals surface area contributed by atoms with Crippen molar-refractivity contribution in [2.75, 3.05) is 5.75 Å². The number of allylic oxidation sites excluding steroid dienone is 1. The molecule has 0 radical (unpaired) electrons. The van der Waals surface area contributed by atoms with E-state index < -0.39 is 29.2 Å². The van der Waals surface area contributed by atoms with Crippen LogP contribution in [0.25, 0.3) is 0 Å². The summed E-state index contributed by atoms with van der Waals surface area (Å²) in [5.41, 5.74) is 0.429. The number of alkyl halides is 1. The fourth-order valence-electron chi connectivity index (χ4n) is 2.58. The van der Waals surface area contributed by atoms with Gasteiger partial charge >= 0.3 is 5.97 Å². The molecule has 126 valence electrons. The molecule has 2 N–H and O–H groups in total. The van der Waals surface area contributed by atoms with Gasteiger partial charge in [-0.15, -0.1) is 11.8 Å². The minimum Gasteiger partial charge on any atom is -0.477 e. The smallest absolute Gasteiger partial charge is 0.352 e. The number of thioether (sulfide) groups is 1. The molecular weight excluding hydrogens is 400 g/mol. The van der Waals surface area contributed by atoms with Crippen molar-refractivity contribution in [1.29, 1.82) is 0 Å². The molecule has 0 unspecified atom stereocenters. The van der Waals surface area contributed by atoms with Crippen LogP contribution in [0.3, 0.4) is 0 Å². The van der Waals surface area contributed by atoms with E-state index in [4.69, 9.17) is 4.42 Å². The van der Waals surface area contributed by atoms with Crippen molar-refractivity contribution in [3.8, 4) is 0 Å². The molecule has 2 aliphatic rings. The van der Waals surface area contributed by atoms with Gasteiger partial charge in [-0.3, -0.25) is 14.5 Å². The van der Waals surface area contributed by atoms with E-state index in [-0.39, 0.29) is 11.5 Å². The van der Waals surface area contributed by atoms with Crippen molar-refractivity contribution >= 4 is 45.5 Å². The molecule has 3 heterocycles. The topological polar surface area (TPSA) is 99.9 Å². The van der Waals surface area contributed by atoms with E-state index in [1.807, 2.05) is 0 Å². The zero-order chi connectivity index (χ0) is 17.4. The van der Waals surface area contributed by atoms with Crippen LogP contribution in [-0.4, -0.2) is 45.0 Å². The van der Waals surface area contributed by atoms with Crippen LogP contribution in [0.1, 0.15) is 16.3 Å². The second kappa shape index (κ2) is 6.48. The van der Waals surface area contributed by atoms with Crippen LogP contribution in [-0.2, 0) is 14.9 Å². The number of aliphatic carboxylic acids is 1. The Morgan fingerprint density at radius 1 is 1.54 bits per heavy atom. The van der Waals surface area contributed by atoms with E-state index in [0.717, 1.165) is 0 Å². The number of carbonyl (C=O) groups excluding carboxylic acids is 2. The normalized spacial score (nSPS) is 22.7. The summed E-state index contributed by atoms with van der Waals surface area (Å²) in [5, 5.41) is 12.0. The standard InChI is InChI=1S/C15H13BrN2O5S/c1-2-7-6-24-14-10(13(20)18(14)11(7)15(21)22)17-12(19)9-4-3-8(5-16)23-9/h2-4,10,14H,1,5-6H2,(H,17,19)(H,21,22)/t10-,14-/m1/s1. The Bertz CT molecular complexity index is 772. The molecule has 1 fully saturated rings. The summed E-state index contributed by atoms with van der Waals surface area (Å²) in [4.78, 5) is 37.1. The second-order valence-electron chi connectivity index (χ2n) is 5.14. The molecule has 1 aromatic rings. The molecule has 2 amide bonds. The third-order valence-electron chi connectivity index (χ3n) is 3.75. The zero-order valence-electron chi connectivity index (χ0n) is 12.3. The summed E-state index contributed by atoms with van der Waals surface area (Å²) in [5.74, 6) is -1.01. The Balaban J connectivity index is 1.76. The molecule has 1 aromatic heterocycles. The number of furan rings is 1. The van der Waals surface area contributed by atoms with E-state index in [1.165, 1.54) is 28.8 Å². The van der Waals surface area contributed by atoms with Crippen molar-refractivity contribution in [3.63, 3.8) is 0 Å². The van der Waals surface area contributed by atoms with Gasteiger partial charge in [-0.2, -0.15) is 0 Å². The molecule has 0 saturated carbocycles. The number of amides is 2. The Morgan fingerprint density at radius 2 is 2.29 bits per heavy atom. The van der Waals surface area contributed by atoms with E-state index in [1.54, 1.807) is 6.07 Å². The largest absolute Gasteiger partial charge is 0.477 e. The van der Waals surface area contributed by atoms with Gasteiger partial charge in [-0.05, 0) is 17.7 Å². The predicted molar refractivity (Wildman–Crippen MR) is 90.5 cm³/mol. The predicted octanol–water partition coefficient (Wildman–Crippen LogP) is 1.71. The van der Waals surface area contributed by atoms with Gasteiger partial charge in [0.1, 0.15) is 22.9 Å². The summed E-state index contributed by atoms with van der Waals surface area (Å²) in [6.45, 7) is 3.58. The zero-order valence-corrected chi connectivity index (χ0v) is 14.7. The number of nitrogens with zero attached hydrogens (tertiary/aromatic N) is 1. The van der Waals surface area contributed by atoms with Crippen molar-refractivity contribution < 1.29 is 23.9 Å². The third-order valence-corrected chi connectivity index (χ3v) is 5.61. The average molecular weight is 413 g/mol. The fourth-order valence-corrected chi connectivity index (χ4v) is 4.23. The molecule has 3 rings (SSSR count). The minimum atomic E-state index is -1.18. The van der Waals surface area contributed by atoms with Gasteiger partial charge in [-0.1, -0.05) is 28.6 Å². The molecule has 0 aromatic carbocycles. The lowest BCUT2D eigenvalue weighted by Gasteiger charge is -2.49. The van der Waals surface area contributed by atoms with Crippen LogP contribution in [0.2, 0.25) is 0 Å². The molecular formula is C15H13BrN2O5S. The van der Waals surface area contributed by atoms with Crippen LogP contribution in [0.15, 0.2) is 40.5 Å². The van der Waals surface area contributed by atoms with Gasteiger partial charge in [0.05, 0.1) is 5.33 Å². The lowest BCUT2D eigenvalue weighted by atomic mass is 10.0. The van der Waals surface area contributed by atoms with E-state index >= 15 is 0 Å². The first-order valence-electron chi connectivity index (χ1n) is 6.97. The molecule has 2 atom stereocenters. The summed E-state index contributed by atoms with van der Waals surface area (Å²) in [6.07, 6.45) is 1.44. The Labute approximate surface area is 149 Å². The van der Waals surface area contributed by atoms with Crippen molar-refractivity contribution in [2.45, 2.75) is 16.7 Å². The highest BCUT2D eigenvalue weighted by molar-refractivity contribution is 9.08. The molecule has 0 aliphatic carbocycles. The van der Waals surface area contributed by atoms with Crippen molar-refractivity contribution in [1.82, 2.24) is 10.2 Å². The number of carboxylic acids is 1. The van der Waals surface area contributed by atoms with E-state index in [0.29, 0.717) is 22.4 Å².